The first-order valence-corrected chi connectivity index (χ1v) is 26.8. The summed E-state index contributed by atoms with van der Waals surface area (Å²) in [7, 11) is 0. The van der Waals surface area contributed by atoms with E-state index in [1.807, 2.05) is 65.9 Å². The van der Waals surface area contributed by atoms with E-state index in [1.54, 1.807) is 0 Å². The number of thiophene rings is 1. The predicted molar refractivity (Wildman–Crippen MR) is 320 cm³/mol. The van der Waals surface area contributed by atoms with Gasteiger partial charge in [0.1, 0.15) is 11.2 Å². The van der Waals surface area contributed by atoms with Gasteiger partial charge < -0.3 is 8.98 Å². The summed E-state index contributed by atoms with van der Waals surface area (Å²) >= 11 is 1.87. The van der Waals surface area contributed by atoms with Gasteiger partial charge in [-0.15, -0.1) is 11.3 Å². The highest BCUT2D eigenvalue weighted by molar-refractivity contribution is 7.26. The van der Waals surface area contributed by atoms with Crippen LogP contribution in [0.15, 0.2) is 247 Å². The second kappa shape index (κ2) is 18.8. The standard InChI is InChI=1S/C67H40N4OS.C3H8/c1-3-16-41(17-4-1)44-21-13-22-45(38-44)50-35-36-54(64-62(50)55-27-10-12-31-60(55)73-64)53-28-15-29-56-61-49-25-8-7-18-42(49)33-37-57(61)71(63(53)56)48-24-14-23-46(39-48)66-68-65(43-19-5-2-6-20-43)69-67(70-66)47-32-34-52-51-26-9-11-30-58(51)72-59(52)40-47;1-3-2/h1-40H;3H2,1-2H3. The van der Waals surface area contributed by atoms with Crippen LogP contribution < -0.4 is 0 Å². The minimum Gasteiger partial charge on any atom is -0.456 e. The molecule has 0 spiro atoms. The van der Waals surface area contributed by atoms with Crippen LogP contribution in [0, 0.1) is 0 Å². The van der Waals surface area contributed by atoms with Gasteiger partial charge in [0.2, 0.25) is 0 Å². The fourth-order valence-electron chi connectivity index (χ4n) is 11.1. The Balaban J connectivity index is 0.00000172. The fourth-order valence-corrected chi connectivity index (χ4v) is 12.4. The van der Waals surface area contributed by atoms with Gasteiger partial charge in [0.15, 0.2) is 17.5 Å². The number of rotatable bonds is 7. The minimum absolute atomic E-state index is 0.574. The zero-order chi connectivity index (χ0) is 50.7. The SMILES string of the molecule is CCC.c1ccc(-c2cccc(-c3ccc(-c4cccc5c6c7ccccc7ccc6n(-c6cccc(-c7nc(-c8ccccc8)nc(-c8ccc9c(c8)oc8ccccc89)n7)c6)c45)c4sc5ccccc5c34)c2)cc1. The van der Waals surface area contributed by atoms with Crippen LogP contribution in [0.25, 0.3) is 148 Å². The van der Waals surface area contributed by atoms with E-state index in [4.69, 9.17) is 19.4 Å². The zero-order valence-corrected chi connectivity index (χ0v) is 42.7. The molecule has 0 saturated carbocycles. The maximum Gasteiger partial charge on any atom is 0.164 e. The van der Waals surface area contributed by atoms with Crippen molar-refractivity contribution in [3.8, 4) is 73.2 Å². The summed E-state index contributed by atoms with van der Waals surface area (Å²) < 4.78 is 11.3. The van der Waals surface area contributed by atoms with Crippen molar-refractivity contribution < 1.29 is 4.42 Å². The summed E-state index contributed by atoms with van der Waals surface area (Å²) in [4.78, 5) is 15.6. The molecule has 0 aliphatic heterocycles. The summed E-state index contributed by atoms with van der Waals surface area (Å²) in [6.07, 6.45) is 1.25. The Hall–Kier alpha value is -9.49. The maximum absolute atomic E-state index is 6.35. The molecule has 0 bridgehead atoms. The first-order chi connectivity index (χ1) is 37.6. The van der Waals surface area contributed by atoms with E-state index in [1.165, 1.54) is 81.5 Å². The lowest BCUT2D eigenvalue weighted by molar-refractivity contribution is 0.669. The van der Waals surface area contributed by atoms with Crippen molar-refractivity contribution in [3.05, 3.63) is 243 Å². The number of fused-ring (bicyclic) bond motifs is 11. The molecule has 0 amide bonds. The number of hydrogen-bond acceptors (Lipinski definition) is 5. The molecule has 5 nitrogen and oxygen atoms in total. The molecule has 0 aliphatic rings. The van der Waals surface area contributed by atoms with Crippen LogP contribution in [0.2, 0.25) is 0 Å². The van der Waals surface area contributed by atoms with Gasteiger partial charge in [-0.3, -0.25) is 0 Å². The molecule has 360 valence electrons. The van der Waals surface area contributed by atoms with Crippen LogP contribution in [0.4, 0.5) is 0 Å². The fraction of sp³-hybridized carbons (Fsp3) is 0.0429. The van der Waals surface area contributed by atoms with Crippen molar-refractivity contribution in [2.45, 2.75) is 20.3 Å². The van der Waals surface area contributed by atoms with Crippen LogP contribution in [0.3, 0.4) is 0 Å². The third-order valence-corrected chi connectivity index (χ3v) is 15.6. The molecule has 0 saturated heterocycles. The molecule has 11 aromatic carbocycles. The smallest absolute Gasteiger partial charge is 0.164 e. The van der Waals surface area contributed by atoms with Gasteiger partial charge in [0.25, 0.3) is 0 Å². The Morgan fingerprint density at radius 3 is 1.79 bits per heavy atom. The van der Waals surface area contributed by atoms with E-state index >= 15 is 0 Å². The molecular formula is C70H48N4OS. The summed E-state index contributed by atoms with van der Waals surface area (Å²) in [6, 6.07) is 86.5. The molecule has 76 heavy (non-hydrogen) atoms. The van der Waals surface area contributed by atoms with Crippen molar-refractivity contribution in [1.82, 2.24) is 19.5 Å². The molecule has 6 heteroatoms. The highest BCUT2D eigenvalue weighted by Gasteiger charge is 2.23. The molecule has 0 atom stereocenters. The van der Waals surface area contributed by atoms with Crippen molar-refractivity contribution in [3.63, 3.8) is 0 Å². The lowest BCUT2D eigenvalue weighted by Crippen LogP contribution is -2.01. The Kier molecular flexibility index (Phi) is 11.2. The second-order valence-corrected chi connectivity index (χ2v) is 20.4. The summed E-state index contributed by atoms with van der Waals surface area (Å²) in [6.45, 7) is 4.25. The van der Waals surface area contributed by atoms with Gasteiger partial charge in [0.05, 0.1) is 11.0 Å². The monoisotopic (exact) mass is 992 g/mol. The quantitative estimate of drug-likeness (QED) is 0.160. The molecule has 4 heterocycles. The van der Waals surface area contributed by atoms with Gasteiger partial charge in [-0.25, -0.2) is 15.0 Å². The van der Waals surface area contributed by atoms with Crippen molar-refractivity contribution in [1.29, 1.82) is 0 Å². The number of aromatic nitrogens is 4. The van der Waals surface area contributed by atoms with Crippen LogP contribution in [0.5, 0.6) is 0 Å². The second-order valence-electron chi connectivity index (χ2n) is 19.4. The topological polar surface area (TPSA) is 56.7 Å². The zero-order valence-electron chi connectivity index (χ0n) is 41.9. The third kappa shape index (κ3) is 7.64. The first-order valence-electron chi connectivity index (χ1n) is 26.0. The average Bonchev–Trinajstić information content (AvgIpc) is 4.18. The van der Waals surface area contributed by atoms with Crippen LogP contribution in [0.1, 0.15) is 20.3 Å². The van der Waals surface area contributed by atoms with Crippen LogP contribution >= 0.6 is 11.3 Å². The number of benzene rings is 11. The Morgan fingerprint density at radius 2 is 0.974 bits per heavy atom. The summed E-state index contributed by atoms with van der Waals surface area (Å²) in [5, 5.41) is 9.51. The Labute approximate surface area is 443 Å². The average molecular weight is 993 g/mol. The number of furan rings is 1. The molecule has 4 aromatic heterocycles. The summed E-state index contributed by atoms with van der Waals surface area (Å²) in [5.41, 5.74) is 14.8. The van der Waals surface area contributed by atoms with E-state index < -0.39 is 0 Å². The van der Waals surface area contributed by atoms with Crippen molar-refractivity contribution in [2.75, 3.05) is 0 Å². The molecular weight excluding hydrogens is 945 g/mol. The van der Waals surface area contributed by atoms with Gasteiger partial charge in [-0.05, 0) is 81.6 Å². The van der Waals surface area contributed by atoms with Gasteiger partial charge in [-0.1, -0.05) is 214 Å². The van der Waals surface area contributed by atoms with Crippen molar-refractivity contribution >= 4 is 86.0 Å². The molecule has 0 aliphatic carbocycles. The van der Waals surface area contributed by atoms with E-state index in [0.717, 1.165) is 55.3 Å². The number of hydrogen-bond donors (Lipinski definition) is 0. The number of para-hydroxylation sites is 2. The molecule has 0 fully saturated rings. The largest absolute Gasteiger partial charge is 0.456 e. The van der Waals surface area contributed by atoms with E-state index in [-0.39, 0.29) is 0 Å². The normalized spacial score (nSPS) is 11.6. The Morgan fingerprint density at radius 1 is 0.382 bits per heavy atom. The van der Waals surface area contributed by atoms with Gasteiger partial charge in [0, 0.05) is 75.2 Å². The van der Waals surface area contributed by atoms with Crippen LogP contribution in [-0.2, 0) is 0 Å². The minimum atomic E-state index is 0.574. The molecule has 0 radical (unpaired) electrons. The summed E-state index contributed by atoms with van der Waals surface area (Å²) in [5.74, 6) is 1.76. The lowest BCUT2D eigenvalue weighted by Gasteiger charge is -2.15. The van der Waals surface area contributed by atoms with Gasteiger partial charge in [-0.2, -0.15) is 0 Å². The van der Waals surface area contributed by atoms with E-state index in [0.29, 0.717) is 17.5 Å². The Bertz CT molecular complexity index is 4700. The van der Waals surface area contributed by atoms with E-state index in [9.17, 15) is 0 Å². The van der Waals surface area contributed by atoms with E-state index in [2.05, 4.69) is 206 Å². The predicted octanol–water partition coefficient (Wildman–Crippen LogP) is 19.8. The number of nitrogens with zero attached hydrogens (tertiary/aromatic N) is 4. The van der Waals surface area contributed by atoms with Crippen molar-refractivity contribution in [2.24, 2.45) is 0 Å². The highest BCUT2D eigenvalue weighted by Crippen LogP contribution is 2.49. The van der Waals surface area contributed by atoms with Crippen LogP contribution in [-0.4, -0.2) is 19.5 Å². The molecule has 15 rings (SSSR count). The lowest BCUT2D eigenvalue weighted by atomic mass is 9.92. The third-order valence-electron chi connectivity index (χ3n) is 14.4. The molecule has 0 N–H and O–H groups in total. The van der Waals surface area contributed by atoms with Gasteiger partial charge >= 0.3 is 0 Å². The molecule has 15 aromatic rings. The maximum atomic E-state index is 6.35. The first kappa shape index (κ1) is 45.2. The molecule has 0 unspecified atom stereocenters. The highest BCUT2D eigenvalue weighted by atomic mass is 32.1.